The number of ketones is 1. The summed E-state index contributed by atoms with van der Waals surface area (Å²) in [5.41, 5.74) is -0.115. The first-order valence-electron chi connectivity index (χ1n) is 8.09. The van der Waals surface area contributed by atoms with Gasteiger partial charge in [0.25, 0.3) is 5.78 Å². The lowest BCUT2D eigenvalue weighted by atomic mass is 9.95. The SMILES string of the molecule is O=C(c1nc2c(ccc3ccccc32)c(-c2ccccc2)c1O)C(F)(F)F. The van der Waals surface area contributed by atoms with Crippen LogP contribution in [0.4, 0.5) is 13.2 Å². The molecule has 0 unspecified atom stereocenters. The predicted octanol–water partition coefficient (Wildman–Crippen LogP) is 5.51. The van der Waals surface area contributed by atoms with Gasteiger partial charge in [0, 0.05) is 16.3 Å². The van der Waals surface area contributed by atoms with Crippen LogP contribution in [0.5, 0.6) is 5.75 Å². The number of Topliss-reactive ketones (excluding diaryl/α,β-unsaturated/α-hetero) is 1. The molecule has 0 aliphatic carbocycles. The zero-order chi connectivity index (χ0) is 19.2. The van der Waals surface area contributed by atoms with E-state index in [4.69, 9.17) is 0 Å². The summed E-state index contributed by atoms with van der Waals surface area (Å²) in [6.07, 6.45) is -5.14. The lowest BCUT2D eigenvalue weighted by Crippen LogP contribution is -2.24. The third-order valence-electron chi connectivity index (χ3n) is 4.39. The minimum absolute atomic E-state index is 0.152. The Balaban J connectivity index is 2.18. The highest BCUT2D eigenvalue weighted by molar-refractivity contribution is 6.14. The molecule has 3 nitrogen and oxygen atoms in total. The van der Waals surface area contributed by atoms with Crippen molar-refractivity contribution in [3.8, 4) is 16.9 Å². The number of aromatic hydroxyl groups is 1. The van der Waals surface area contributed by atoms with E-state index in [9.17, 15) is 23.1 Å². The number of rotatable bonds is 2. The average Bonchev–Trinajstić information content (AvgIpc) is 2.66. The van der Waals surface area contributed by atoms with Gasteiger partial charge in [-0.1, -0.05) is 66.7 Å². The Morgan fingerprint density at radius 1 is 0.852 bits per heavy atom. The summed E-state index contributed by atoms with van der Waals surface area (Å²) in [4.78, 5) is 15.8. The Hall–Kier alpha value is -3.41. The van der Waals surface area contributed by atoms with Gasteiger partial charge in [-0.15, -0.1) is 0 Å². The molecule has 1 aromatic heterocycles. The lowest BCUT2D eigenvalue weighted by molar-refractivity contribution is -0.0889. The molecule has 0 amide bonds. The van der Waals surface area contributed by atoms with Crippen molar-refractivity contribution in [1.29, 1.82) is 0 Å². The van der Waals surface area contributed by atoms with E-state index >= 15 is 0 Å². The first-order valence-corrected chi connectivity index (χ1v) is 8.09. The molecule has 134 valence electrons. The number of carbonyl (C=O) groups excluding carboxylic acids is 1. The zero-order valence-electron chi connectivity index (χ0n) is 13.8. The zero-order valence-corrected chi connectivity index (χ0v) is 13.8. The van der Waals surface area contributed by atoms with E-state index in [0.29, 0.717) is 16.3 Å². The van der Waals surface area contributed by atoms with Crippen LogP contribution in [0.25, 0.3) is 32.8 Å². The summed E-state index contributed by atoms with van der Waals surface area (Å²) in [6, 6.07) is 19.0. The molecule has 0 aliphatic rings. The molecule has 0 spiro atoms. The van der Waals surface area contributed by atoms with Crippen molar-refractivity contribution in [3.63, 3.8) is 0 Å². The summed E-state index contributed by atoms with van der Waals surface area (Å²) in [6.45, 7) is 0. The van der Waals surface area contributed by atoms with Gasteiger partial charge in [0.2, 0.25) is 0 Å². The topological polar surface area (TPSA) is 50.2 Å². The van der Waals surface area contributed by atoms with E-state index in [0.717, 1.165) is 5.39 Å². The van der Waals surface area contributed by atoms with Gasteiger partial charge in [0.05, 0.1) is 5.52 Å². The van der Waals surface area contributed by atoms with E-state index in [1.54, 1.807) is 66.7 Å². The first-order chi connectivity index (χ1) is 12.9. The highest BCUT2D eigenvalue weighted by Gasteiger charge is 2.42. The summed E-state index contributed by atoms with van der Waals surface area (Å²) in [5.74, 6) is -2.95. The predicted molar refractivity (Wildman–Crippen MR) is 96.7 cm³/mol. The van der Waals surface area contributed by atoms with Crippen molar-refractivity contribution >= 4 is 27.5 Å². The van der Waals surface area contributed by atoms with Crippen LogP contribution >= 0.6 is 0 Å². The van der Waals surface area contributed by atoms with Gasteiger partial charge in [0.15, 0.2) is 11.4 Å². The van der Waals surface area contributed by atoms with Crippen molar-refractivity contribution in [1.82, 2.24) is 4.98 Å². The third kappa shape index (κ3) is 2.79. The fraction of sp³-hybridized carbons (Fsp3) is 0.0476. The molecule has 6 heteroatoms. The van der Waals surface area contributed by atoms with Crippen LogP contribution in [0.3, 0.4) is 0 Å². The first kappa shape index (κ1) is 17.0. The number of hydrogen-bond acceptors (Lipinski definition) is 3. The standard InChI is InChI=1S/C21H12F3NO2/c22-21(23,24)20(27)18-19(26)16(13-7-2-1-3-8-13)15-11-10-12-6-4-5-9-14(12)17(15)25-18/h1-11,26H. The molecule has 1 heterocycles. The molecule has 0 saturated heterocycles. The lowest BCUT2D eigenvalue weighted by Gasteiger charge is -2.15. The molecule has 0 saturated carbocycles. The molecular formula is C21H12F3NO2. The molecule has 1 N–H and O–H groups in total. The second-order valence-corrected chi connectivity index (χ2v) is 6.06. The largest absolute Gasteiger partial charge is 0.505 e. The molecule has 0 bridgehead atoms. The maximum absolute atomic E-state index is 13.1. The van der Waals surface area contributed by atoms with Gasteiger partial charge in [-0.2, -0.15) is 13.2 Å². The van der Waals surface area contributed by atoms with E-state index in [1.807, 2.05) is 0 Å². The van der Waals surface area contributed by atoms with Crippen molar-refractivity contribution in [2.45, 2.75) is 6.18 Å². The van der Waals surface area contributed by atoms with E-state index in [2.05, 4.69) is 4.98 Å². The molecule has 3 aromatic carbocycles. The normalized spacial score (nSPS) is 11.8. The van der Waals surface area contributed by atoms with Crippen molar-refractivity contribution in [2.75, 3.05) is 0 Å². The Bertz CT molecular complexity index is 1180. The van der Waals surface area contributed by atoms with Crippen LogP contribution in [0, 0.1) is 0 Å². The fourth-order valence-electron chi connectivity index (χ4n) is 3.18. The number of pyridine rings is 1. The molecular weight excluding hydrogens is 355 g/mol. The average molecular weight is 367 g/mol. The quantitative estimate of drug-likeness (QED) is 0.376. The van der Waals surface area contributed by atoms with Gasteiger partial charge in [-0.3, -0.25) is 4.79 Å². The molecule has 0 radical (unpaired) electrons. The number of aromatic nitrogens is 1. The van der Waals surface area contributed by atoms with Crippen LogP contribution in [0.15, 0.2) is 66.7 Å². The van der Waals surface area contributed by atoms with Crippen LogP contribution in [0.1, 0.15) is 10.5 Å². The Labute approximate surface area is 151 Å². The molecule has 4 rings (SSSR count). The van der Waals surface area contributed by atoms with Gasteiger partial charge < -0.3 is 5.11 Å². The van der Waals surface area contributed by atoms with Crippen LogP contribution in [0.2, 0.25) is 0 Å². The van der Waals surface area contributed by atoms with E-state index < -0.39 is 23.4 Å². The number of fused-ring (bicyclic) bond motifs is 3. The Kier molecular flexibility index (Phi) is 3.84. The van der Waals surface area contributed by atoms with Crippen LogP contribution in [-0.2, 0) is 0 Å². The molecule has 4 aromatic rings. The smallest absolute Gasteiger partial charge is 0.456 e. The van der Waals surface area contributed by atoms with Crippen LogP contribution in [-0.4, -0.2) is 22.1 Å². The fourth-order valence-corrected chi connectivity index (χ4v) is 3.18. The highest BCUT2D eigenvalue weighted by Crippen LogP contribution is 2.41. The Morgan fingerprint density at radius 2 is 1.52 bits per heavy atom. The third-order valence-corrected chi connectivity index (χ3v) is 4.39. The van der Waals surface area contributed by atoms with Crippen molar-refractivity contribution < 1.29 is 23.1 Å². The number of nitrogens with zero attached hydrogens (tertiary/aromatic N) is 1. The maximum atomic E-state index is 13.1. The minimum Gasteiger partial charge on any atom is -0.505 e. The number of benzene rings is 3. The molecule has 27 heavy (non-hydrogen) atoms. The second kappa shape index (κ2) is 6.09. The number of carbonyl (C=O) groups is 1. The van der Waals surface area contributed by atoms with E-state index in [1.165, 1.54) is 0 Å². The summed E-state index contributed by atoms with van der Waals surface area (Å²) >= 11 is 0. The maximum Gasteiger partial charge on any atom is 0.456 e. The number of hydrogen-bond donors (Lipinski definition) is 1. The highest BCUT2D eigenvalue weighted by atomic mass is 19.4. The van der Waals surface area contributed by atoms with Crippen LogP contribution < -0.4 is 0 Å². The van der Waals surface area contributed by atoms with Crippen molar-refractivity contribution in [2.24, 2.45) is 0 Å². The summed E-state index contributed by atoms with van der Waals surface area (Å²) in [7, 11) is 0. The molecule has 0 fully saturated rings. The van der Waals surface area contributed by atoms with Gasteiger partial charge in [-0.25, -0.2) is 4.98 Å². The second-order valence-electron chi connectivity index (χ2n) is 6.06. The van der Waals surface area contributed by atoms with Gasteiger partial charge >= 0.3 is 6.18 Å². The van der Waals surface area contributed by atoms with Crippen molar-refractivity contribution in [3.05, 3.63) is 72.4 Å². The van der Waals surface area contributed by atoms with Gasteiger partial charge in [0.1, 0.15) is 0 Å². The Morgan fingerprint density at radius 3 is 2.22 bits per heavy atom. The molecule has 0 aliphatic heterocycles. The summed E-state index contributed by atoms with van der Waals surface area (Å²) < 4.78 is 39.2. The number of halogens is 3. The monoisotopic (exact) mass is 367 g/mol. The minimum atomic E-state index is -5.14. The number of alkyl halides is 3. The van der Waals surface area contributed by atoms with E-state index in [-0.39, 0.29) is 11.1 Å². The molecule has 0 atom stereocenters. The summed E-state index contributed by atoms with van der Waals surface area (Å²) in [5, 5.41) is 12.4. The van der Waals surface area contributed by atoms with Gasteiger partial charge in [-0.05, 0) is 10.9 Å².